The Balaban J connectivity index is 2.93. The largest absolute Gasteiger partial charge is 0.477 e. The summed E-state index contributed by atoms with van der Waals surface area (Å²) in [7, 11) is 0. The van der Waals surface area contributed by atoms with E-state index in [0.29, 0.717) is 12.8 Å². The fraction of sp³-hybridized carbons (Fsp3) is 0.875. The number of aliphatic carboxylic acids is 1. The normalized spacial score (nSPS) is 40.2. The first-order valence-electron chi connectivity index (χ1n) is 4.82. The highest BCUT2D eigenvalue weighted by Gasteiger charge is 2.64. The fourth-order valence-electron chi connectivity index (χ4n) is 1.47. The number of carboxylic acid groups (broad SMARTS) is 1. The minimum absolute atomic E-state index is 0.0379. The van der Waals surface area contributed by atoms with Gasteiger partial charge in [0, 0.05) is 0 Å². The Morgan fingerprint density at radius 3 is 2.44 bits per heavy atom. The number of carboxylic acids is 1. The molecule has 5 N–H and O–H groups in total. The average molecular weight is 253 g/mol. The van der Waals surface area contributed by atoms with E-state index in [0.717, 1.165) is 0 Å². The van der Waals surface area contributed by atoms with Crippen molar-refractivity contribution in [1.29, 1.82) is 0 Å². The molecule has 0 radical (unpaired) electrons. The summed E-state index contributed by atoms with van der Waals surface area (Å²) in [5, 5.41) is 44.4. The van der Waals surface area contributed by atoms with Crippen molar-refractivity contribution in [3.8, 4) is 0 Å². The van der Waals surface area contributed by atoms with Crippen LogP contribution in [0.5, 0.6) is 0 Å². The Bertz CT molecular complexity index is 290. The van der Waals surface area contributed by atoms with Crippen molar-refractivity contribution >= 4 is 17.7 Å². The van der Waals surface area contributed by atoms with E-state index in [2.05, 4.69) is 0 Å². The van der Waals surface area contributed by atoms with Gasteiger partial charge in [0.05, 0.1) is 0 Å². The molecule has 1 aliphatic heterocycles. The third-order valence-electron chi connectivity index (χ3n) is 2.50. The number of thioether (sulfide) groups is 1. The van der Waals surface area contributed by atoms with E-state index in [1.165, 1.54) is 0 Å². The molecule has 0 aliphatic carbocycles. The van der Waals surface area contributed by atoms with Gasteiger partial charge in [0.15, 0.2) is 5.72 Å². The summed E-state index contributed by atoms with van der Waals surface area (Å²) in [6.07, 6.45) is 1.13. The SMILES string of the molecule is CCCCC1(O)C(O)SC(O)(C(=O)O)N1O. The topological polar surface area (TPSA) is 121 Å². The van der Waals surface area contributed by atoms with Crippen LogP contribution in [0.1, 0.15) is 26.2 Å². The molecule has 0 amide bonds. The summed E-state index contributed by atoms with van der Waals surface area (Å²) in [5.41, 5.74) is -3.74. The predicted molar refractivity (Wildman–Crippen MR) is 54.3 cm³/mol. The number of unbranched alkanes of at least 4 members (excludes halogenated alkanes) is 1. The Hall–Kier alpha value is -0.380. The number of aliphatic hydroxyl groups excluding tert-OH is 1. The monoisotopic (exact) mass is 253 g/mol. The maximum atomic E-state index is 10.7. The zero-order valence-electron chi connectivity index (χ0n) is 8.70. The maximum absolute atomic E-state index is 10.7. The van der Waals surface area contributed by atoms with Gasteiger partial charge in [-0.3, -0.25) is 0 Å². The van der Waals surface area contributed by atoms with Crippen molar-refractivity contribution in [1.82, 2.24) is 5.06 Å². The fourth-order valence-corrected chi connectivity index (χ4v) is 2.55. The van der Waals surface area contributed by atoms with Gasteiger partial charge in [-0.05, 0) is 12.8 Å². The minimum Gasteiger partial charge on any atom is -0.477 e. The lowest BCUT2D eigenvalue weighted by Gasteiger charge is -2.33. The Labute approximate surface area is 96.3 Å². The molecule has 8 heteroatoms. The van der Waals surface area contributed by atoms with E-state index >= 15 is 0 Å². The highest BCUT2D eigenvalue weighted by molar-refractivity contribution is 8.01. The Morgan fingerprint density at radius 2 is 2.06 bits per heavy atom. The molecule has 0 saturated carbocycles. The summed E-state index contributed by atoms with van der Waals surface area (Å²) in [6, 6.07) is 0. The number of nitrogens with zero attached hydrogens (tertiary/aromatic N) is 1. The quantitative estimate of drug-likeness (QED) is 0.448. The minimum atomic E-state index is -2.72. The van der Waals surface area contributed by atoms with Gasteiger partial charge in [0.25, 0.3) is 5.06 Å². The van der Waals surface area contributed by atoms with Crippen LogP contribution in [0, 0.1) is 0 Å². The molecule has 1 aliphatic rings. The average Bonchev–Trinajstić information content (AvgIpc) is 2.39. The van der Waals surface area contributed by atoms with E-state index in [1.807, 2.05) is 6.92 Å². The van der Waals surface area contributed by atoms with Crippen molar-refractivity contribution in [2.75, 3.05) is 0 Å². The van der Waals surface area contributed by atoms with Crippen molar-refractivity contribution in [3.63, 3.8) is 0 Å². The van der Waals surface area contributed by atoms with Crippen LogP contribution in [0.2, 0.25) is 0 Å². The standard InChI is InChI=1S/C8H15NO6S/c1-2-3-4-7(13)6(12)16-8(14,5(10)11)9(7)15/h6,12-15H,2-4H2,1H3,(H,10,11). The second kappa shape index (κ2) is 4.47. The van der Waals surface area contributed by atoms with Gasteiger partial charge in [-0.25, -0.2) is 4.79 Å². The summed E-state index contributed by atoms with van der Waals surface area (Å²) in [4.78, 5) is 10.7. The van der Waals surface area contributed by atoms with Gasteiger partial charge >= 0.3 is 5.97 Å². The number of rotatable bonds is 4. The lowest BCUT2D eigenvalue weighted by molar-refractivity contribution is -0.328. The van der Waals surface area contributed by atoms with Crippen LogP contribution >= 0.6 is 11.8 Å². The first-order chi connectivity index (χ1) is 7.29. The zero-order chi connectivity index (χ0) is 12.6. The molecule has 0 aromatic rings. The molecule has 1 heterocycles. The van der Waals surface area contributed by atoms with E-state index in [-0.39, 0.29) is 23.2 Å². The van der Waals surface area contributed by atoms with Gasteiger partial charge in [0.1, 0.15) is 5.44 Å². The molecule has 1 saturated heterocycles. The summed E-state index contributed by atoms with van der Waals surface area (Å²) in [5.74, 6) is -1.74. The molecule has 0 aromatic carbocycles. The highest BCUT2D eigenvalue weighted by Crippen LogP contribution is 2.47. The number of aliphatic hydroxyl groups is 3. The van der Waals surface area contributed by atoms with Gasteiger partial charge < -0.3 is 25.6 Å². The van der Waals surface area contributed by atoms with Gasteiger partial charge in [0.2, 0.25) is 0 Å². The second-order valence-corrected chi connectivity index (χ2v) is 4.93. The first-order valence-corrected chi connectivity index (χ1v) is 5.70. The third kappa shape index (κ3) is 1.92. The second-order valence-electron chi connectivity index (χ2n) is 3.68. The zero-order valence-corrected chi connectivity index (χ0v) is 9.51. The number of hydrogen-bond donors (Lipinski definition) is 5. The molecule has 1 fully saturated rings. The van der Waals surface area contributed by atoms with Crippen molar-refractivity contribution < 1.29 is 30.4 Å². The molecular weight excluding hydrogens is 238 g/mol. The molecular formula is C8H15NO6S. The van der Waals surface area contributed by atoms with Crippen LogP contribution < -0.4 is 0 Å². The smallest absolute Gasteiger partial charge is 0.365 e. The summed E-state index contributed by atoms with van der Waals surface area (Å²) < 4.78 is 0. The van der Waals surface area contributed by atoms with Gasteiger partial charge in [-0.1, -0.05) is 25.1 Å². The van der Waals surface area contributed by atoms with Crippen molar-refractivity contribution in [2.45, 2.75) is 42.4 Å². The third-order valence-corrected chi connectivity index (χ3v) is 3.78. The van der Waals surface area contributed by atoms with Crippen LogP contribution in [0.4, 0.5) is 0 Å². The van der Waals surface area contributed by atoms with Crippen LogP contribution in [-0.2, 0) is 4.79 Å². The van der Waals surface area contributed by atoms with E-state index in [1.54, 1.807) is 0 Å². The predicted octanol–water partition coefficient (Wildman–Crippen LogP) is -0.648. The van der Waals surface area contributed by atoms with Crippen LogP contribution in [0.3, 0.4) is 0 Å². The molecule has 16 heavy (non-hydrogen) atoms. The van der Waals surface area contributed by atoms with Crippen LogP contribution in [0.15, 0.2) is 0 Å². The molecule has 0 bridgehead atoms. The Morgan fingerprint density at radius 1 is 1.50 bits per heavy atom. The molecule has 0 aromatic heterocycles. The molecule has 94 valence electrons. The number of hydroxylamine groups is 2. The van der Waals surface area contributed by atoms with Crippen molar-refractivity contribution in [3.05, 3.63) is 0 Å². The summed E-state index contributed by atoms with van der Waals surface area (Å²) in [6.45, 7) is 1.84. The van der Waals surface area contributed by atoms with E-state index in [9.17, 15) is 25.3 Å². The molecule has 3 unspecified atom stereocenters. The van der Waals surface area contributed by atoms with Gasteiger partial charge in [-0.2, -0.15) is 0 Å². The lowest BCUT2D eigenvalue weighted by Crippen LogP contribution is -2.57. The van der Waals surface area contributed by atoms with E-state index in [4.69, 9.17) is 5.11 Å². The van der Waals surface area contributed by atoms with Crippen molar-refractivity contribution in [2.24, 2.45) is 0 Å². The molecule has 0 spiro atoms. The molecule has 1 rings (SSSR count). The lowest BCUT2D eigenvalue weighted by atomic mass is 10.1. The highest BCUT2D eigenvalue weighted by atomic mass is 32.2. The van der Waals surface area contributed by atoms with Crippen LogP contribution in [-0.4, -0.2) is 52.9 Å². The Kier molecular flexibility index (Phi) is 3.83. The maximum Gasteiger partial charge on any atom is 0.365 e. The molecule has 7 nitrogen and oxygen atoms in total. The number of carbonyl (C=O) groups is 1. The first kappa shape index (κ1) is 13.7. The molecule has 3 atom stereocenters. The van der Waals surface area contributed by atoms with Gasteiger partial charge in [-0.15, -0.1) is 5.06 Å². The summed E-state index contributed by atoms with van der Waals surface area (Å²) >= 11 is 0.179. The van der Waals surface area contributed by atoms with Crippen LogP contribution in [0.25, 0.3) is 0 Å². The van der Waals surface area contributed by atoms with E-state index < -0.39 is 22.2 Å². The number of hydrogen-bond acceptors (Lipinski definition) is 7.